The molecule has 5 nitrogen and oxygen atoms in total. The summed E-state index contributed by atoms with van der Waals surface area (Å²) in [4.78, 5) is 17.8. The Kier molecular flexibility index (Phi) is 5.96. The normalized spacial score (nSPS) is 17.2. The van der Waals surface area contributed by atoms with Crippen molar-refractivity contribution in [2.24, 2.45) is 0 Å². The molecule has 1 aliphatic rings. The van der Waals surface area contributed by atoms with Gasteiger partial charge in [0.1, 0.15) is 11.9 Å². The van der Waals surface area contributed by atoms with E-state index in [1.807, 2.05) is 24.0 Å². The highest BCUT2D eigenvalue weighted by Gasteiger charge is 2.32. The lowest BCUT2D eigenvalue weighted by atomic mass is 9.97. The number of aryl methyl sites for hydroxylation is 1. The van der Waals surface area contributed by atoms with Gasteiger partial charge in [0.15, 0.2) is 0 Å². The summed E-state index contributed by atoms with van der Waals surface area (Å²) in [6, 6.07) is 7.33. The quantitative estimate of drug-likeness (QED) is 0.858. The number of aromatic nitrogens is 1. The van der Waals surface area contributed by atoms with Crippen LogP contribution in [0.3, 0.4) is 0 Å². The van der Waals surface area contributed by atoms with Gasteiger partial charge in [0.25, 0.3) is 0 Å². The molecule has 6 heteroatoms. The number of carbonyl (C=O) groups is 1. The first-order valence-corrected chi connectivity index (χ1v) is 8.78. The average Bonchev–Trinajstić information content (AvgIpc) is 2.65. The first-order chi connectivity index (χ1) is 12.5. The molecule has 0 aliphatic carbocycles. The molecule has 2 aromatic rings. The highest BCUT2D eigenvalue weighted by molar-refractivity contribution is 5.76. The molecule has 1 atom stereocenters. The summed E-state index contributed by atoms with van der Waals surface area (Å²) in [5.41, 5.74) is 2.33. The number of nitrogens with zero attached hydrogens (tertiary/aromatic N) is 2. The van der Waals surface area contributed by atoms with Crippen LogP contribution in [0.2, 0.25) is 0 Å². The van der Waals surface area contributed by atoms with Crippen LogP contribution in [0.4, 0.5) is 4.39 Å². The van der Waals surface area contributed by atoms with Gasteiger partial charge in [0.05, 0.1) is 12.7 Å². The van der Waals surface area contributed by atoms with Gasteiger partial charge in [0.2, 0.25) is 0 Å². The Hall–Kier alpha value is -2.31. The van der Waals surface area contributed by atoms with E-state index in [4.69, 9.17) is 4.74 Å². The molecule has 138 valence electrons. The second-order valence-electron chi connectivity index (χ2n) is 6.65. The smallest absolute Gasteiger partial charge is 0.325 e. The highest BCUT2D eigenvalue weighted by Crippen LogP contribution is 2.29. The molecule has 0 radical (unpaired) electrons. The van der Waals surface area contributed by atoms with E-state index in [-0.39, 0.29) is 6.10 Å². The zero-order valence-electron chi connectivity index (χ0n) is 14.8. The number of pyridine rings is 1. The van der Waals surface area contributed by atoms with Gasteiger partial charge >= 0.3 is 5.97 Å². The van der Waals surface area contributed by atoms with Crippen molar-refractivity contribution >= 4 is 5.97 Å². The van der Waals surface area contributed by atoms with Crippen LogP contribution in [-0.2, 0) is 16.1 Å². The van der Waals surface area contributed by atoms with Gasteiger partial charge in [-0.3, -0.25) is 14.7 Å². The summed E-state index contributed by atoms with van der Waals surface area (Å²) in [5, 5.41) is 9.71. The number of ether oxygens (including phenoxy) is 1. The SMILES string of the molecule is Cc1ccc(F)cc1C(C(=O)O)N1CCC(OCc2cccnc2)CC1. The average molecular weight is 358 g/mol. The molecule has 0 saturated carbocycles. The Balaban J connectivity index is 1.61. The van der Waals surface area contributed by atoms with Crippen molar-refractivity contribution in [1.29, 1.82) is 0 Å². The zero-order chi connectivity index (χ0) is 18.5. The van der Waals surface area contributed by atoms with E-state index < -0.39 is 17.8 Å². The lowest BCUT2D eigenvalue weighted by Gasteiger charge is -2.36. The maximum Gasteiger partial charge on any atom is 0.325 e. The van der Waals surface area contributed by atoms with Gasteiger partial charge in [-0.05, 0) is 54.7 Å². The van der Waals surface area contributed by atoms with Crippen molar-refractivity contribution in [3.05, 3.63) is 65.2 Å². The second kappa shape index (κ2) is 8.38. The molecular weight excluding hydrogens is 335 g/mol. The number of benzene rings is 1. The summed E-state index contributed by atoms with van der Waals surface area (Å²) in [5.74, 6) is -1.36. The summed E-state index contributed by atoms with van der Waals surface area (Å²) < 4.78 is 19.6. The Morgan fingerprint density at radius 1 is 1.38 bits per heavy atom. The monoisotopic (exact) mass is 358 g/mol. The molecule has 2 heterocycles. The fourth-order valence-corrected chi connectivity index (χ4v) is 3.39. The van der Waals surface area contributed by atoms with Crippen molar-refractivity contribution < 1.29 is 19.0 Å². The van der Waals surface area contributed by atoms with Crippen molar-refractivity contribution in [1.82, 2.24) is 9.88 Å². The molecule has 1 saturated heterocycles. The molecule has 0 bridgehead atoms. The van der Waals surface area contributed by atoms with Crippen LogP contribution >= 0.6 is 0 Å². The van der Waals surface area contributed by atoms with E-state index in [2.05, 4.69) is 4.98 Å². The van der Waals surface area contributed by atoms with Crippen LogP contribution in [0.25, 0.3) is 0 Å². The fraction of sp³-hybridized carbons (Fsp3) is 0.400. The molecule has 0 spiro atoms. The summed E-state index contributed by atoms with van der Waals surface area (Å²) >= 11 is 0. The molecule has 1 unspecified atom stereocenters. The van der Waals surface area contributed by atoms with Crippen molar-refractivity contribution in [2.45, 2.75) is 38.5 Å². The number of likely N-dealkylation sites (tertiary alicyclic amines) is 1. The predicted molar refractivity (Wildman–Crippen MR) is 95.1 cm³/mol. The van der Waals surface area contributed by atoms with Crippen LogP contribution in [0.5, 0.6) is 0 Å². The van der Waals surface area contributed by atoms with Gasteiger partial charge in [-0.15, -0.1) is 0 Å². The number of carboxylic acids is 1. The minimum Gasteiger partial charge on any atom is -0.480 e. The van der Waals surface area contributed by atoms with E-state index in [1.54, 1.807) is 18.5 Å². The first-order valence-electron chi connectivity index (χ1n) is 8.78. The van der Waals surface area contributed by atoms with E-state index in [0.717, 1.165) is 24.0 Å². The minimum absolute atomic E-state index is 0.0921. The molecule has 0 amide bonds. The topological polar surface area (TPSA) is 62.7 Å². The molecule has 1 fully saturated rings. The van der Waals surface area contributed by atoms with Gasteiger partial charge in [0, 0.05) is 25.5 Å². The van der Waals surface area contributed by atoms with Gasteiger partial charge < -0.3 is 9.84 Å². The van der Waals surface area contributed by atoms with Crippen molar-refractivity contribution in [3.63, 3.8) is 0 Å². The number of hydrogen-bond donors (Lipinski definition) is 1. The summed E-state index contributed by atoms with van der Waals surface area (Å²) in [6.07, 6.45) is 5.09. The number of halogens is 1. The first kappa shape index (κ1) is 18.5. The number of carboxylic acid groups (broad SMARTS) is 1. The van der Waals surface area contributed by atoms with Crippen LogP contribution in [0.15, 0.2) is 42.7 Å². The predicted octanol–water partition coefficient (Wildman–Crippen LogP) is 3.34. The Bertz CT molecular complexity index is 746. The van der Waals surface area contributed by atoms with Crippen LogP contribution in [-0.4, -0.2) is 40.2 Å². The van der Waals surface area contributed by atoms with Crippen LogP contribution in [0, 0.1) is 12.7 Å². The Morgan fingerprint density at radius 3 is 2.81 bits per heavy atom. The van der Waals surface area contributed by atoms with E-state index >= 15 is 0 Å². The molecule has 1 aromatic carbocycles. The van der Waals surface area contributed by atoms with E-state index in [0.29, 0.717) is 25.3 Å². The molecule has 3 rings (SSSR count). The van der Waals surface area contributed by atoms with Gasteiger partial charge in [-0.2, -0.15) is 0 Å². The molecule has 1 aliphatic heterocycles. The van der Waals surface area contributed by atoms with E-state index in [9.17, 15) is 14.3 Å². The maximum atomic E-state index is 13.6. The standard InChI is InChI=1S/C20H23FN2O3/c1-14-4-5-16(21)11-18(14)19(20(24)25)23-9-6-17(7-10-23)26-13-15-3-2-8-22-12-15/h2-5,8,11-12,17,19H,6-7,9-10,13H2,1H3,(H,24,25). The third-order valence-corrected chi connectivity index (χ3v) is 4.82. The van der Waals surface area contributed by atoms with Crippen molar-refractivity contribution in [3.8, 4) is 0 Å². The summed E-state index contributed by atoms with van der Waals surface area (Å²) in [6.45, 7) is 3.52. The lowest BCUT2D eigenvalue weighted by Crippen LogP contribution is -2.42. The number of hydrogen-bond acceptors (Lipinski definition) is 4. The third kappa shape index (κ3) is 4.45. The lowest BCUT2D eigenvalue weighted by molar-refractivity contribution is -0.145. The zero-order valence-corrected chi connectivity index (χ0v) is 14.8. The van der Waals surface area contributed by atoms with Crippen LogP contribution < -0.4 is 0 Å². The number of piperidine rings is 1. The number of aliphatic carboxylic acids is 1. The largest absolute Gasteiger partial charge is 0.480 e. The summed E-state index contributed by atoms with van der Waals surface area (Å²) in [7, 11) is 0. The molecule has 1 N–H and O–H groups in total. The van der Waals surface area contributed by atoms with Crippen LogP contribution in [0.1, 0.15) is 35.6 Å². The van der Waals surface area contributed by atoms with Gasteiger partial charge in [-0.1, -0.05) is 12.1 Å². The van der Waals surface area contributed by atoms with Gasteiger partial charge in [-0.25, -0.2) is 4.39 Å². The minimum atomic E-state index is -0.951. The molecule has 26 heavy (non-hydrogen) atoms. The fourth-order valence-electron chi connectivity index (χ4n) is 3.39. The van der Waals surface area contributed by atoms with Crippen molar-refractivity contribution in [2.75, 3.05) is 13.1 Å². The number of rotatable bonds is 6. The van der Waals surface area contributed by atoms with E-state index in [1.165, 1.54) is 12.1 Å². The third-order valence-electron chi connectivity index (χ3n) is 4.82. The Labute approximate surface area is 152 Å². The maximum absolute atomic E-state index is 13.6. The Morgan fingerprint density at radius 2 is 2.15 bits per heavy atom. The molecular formula is C20H23FN2O3. The second-order valence-corrected chi connectivity index (χ2v) is 6.65. The highest BCUT2D eigenvalue weighted by atomic mass is 19.1. The molecule has 1 aromatic heterocycles.